The molecule has 2 aromatic rings. The highest BCUT2D eigenvalue weighted by Gasteiger charge is 2.18. The molecule has 0 aliphatic carbocycles. The quantitative estimate of drug-likeness (QED) is 0.917. The molecule has 0 bridgehead atoms. The molecule has 0 fully saturated rings. The van der Waals surface area contributed by atoms with Crippen LogP contribution in [0.5, 0.6) is 17.2 Å². The van der Waals surface area contributed by atoms with Crippen LogP contribution in [0.4, 0.5) is 0 Å². The highest BCUT2D eigenvalue weighted by molar-refractivity contribution is 5.74. The van der Waals surface area contributed by atoms with Crippen molar-refractivity contribution in [1.29, 1.82) is 0 Å². The second kappa shape index (κ2) is 6.45. The van der Waals surface area contributed by atoms with Crippen molar-refractivity contribution in [2.75, 3.05) is 21.3 Å². The molecule has 1 aromatic heterocycles. The minimum absolute atomic E-state index is 0.516. The Kier molecular flexibility index (Phi) is 4.65. The Hall–Kier alpha value is -2.27. The van der Waals surface area contributed by atoms with Crippen molar-refractivity contribution in [3.8, 4) is 28.5 Å². The molecular weight excluding hydrogens is 270 g/mol. The van der Waals surface area contributed by atoms with Crippen molar-refractivity contribution < 1.29 is 19.3 Å². The van der Waals surface area contributed by atoms with E-state index in [9.17, 15) is 5.11 Å². The van der Waals surface area contributed by atoms with Gasteiger partial charge >= 0.3 is 0 Å². The van der Waals surface area contributed by atoms with Gasteiger partial charge in [-0.25, -0.2) is 4.98 Å². The molecule has 0 radical (unpaired) electrons. The minimum Gasteiger partial charge on any atom is -0.493 e. The third-order valence-electron chi connectivity index (χ3n) is 3.18. The molecule has 21 heavy (non-hydrogen) atoms. The summed E-state index contributed by atoms with van der Waals surface area (Å²) in [4.78, 5) is 4.46. The monoisotopic (exact) mass is 289 g/mol. The molecule has 0 aliphatic heterocycles. The van der Waals surface area contributed by atoms with Crippen LogP contribution in [-0.4, -0.2) is 31.4 Å². The van der Waals surface area contributed by atoms with E-state index in [-0.39, 0.29) is 0 Å². The molecule has 1 atom stereocenters. The molecule has 0 aliphatic rings. The summed E-state index contributed by atoms with van der Waals surface area (Å²) in [5.74, 6) is 1.65. The molecule has 0 amide bonds. The smallest absolute Gasteiger partial charge is 0.203 e. The summed E-state index contributed by atoms with van der Waals surface area (Å²) in [6.07, 6.45) is -0.629. The second-order valence-electron chi connectivity index (χ2n) is 4.51. The van der Waals surface area contributed by atoms with Gasteiger partial charge in [-0.15, -0.1) is 0 Å². The highest BCUT2D eigenvalue weighted by atomic mass is 16.5. The molecular formula is C16H19NO4. The fraction of sp³-hybridized carbons (Fsp3) is 0.312. The normalized spacial score (nSPS) is 11.9. The Morgan fingerprint density at radius 3 is 2.24 bits per heavy atom. The number of aliphatic hydroxyl groups excluding tert-OH is 1. The van der Waals surface area contributed by atoms with Gasteiger partial charge in [-0.2, -0.15) is 0 Å². The Labute approximate surface area is 124 Å². The van der Waals surface area contributed by atoms with Crippen molar-refractivity contribution in [2.24, 2.45) is 0 Å². The number of aliphatic hydroxyl groups is 1. The second-order valence-corrected chi connectivity index (χ2v) is 4.51. The number of ether oxygens (including phenoxy) is 3. The molecule has 5 nitrogen and oxygen atoms in total. The molecule has 2 rings (SSSR count). The number of methoxy groups -OCH3 is 3. The average Bonchev–Trinajstić information content (AvgIpc) is 2.53. The summed E-state index contributed by atoms with van der Waals surface area (Å²) >= 11 is 0. The SMILES string of the molecule is COc1ccc(-c2cccc([C@@H](C)O)n2)c(OC)c1OC. The summed E-state index contributed by atoms with van der Waals surface area (Å²) in [6.45, 7) is 1.68. The third kappa shape index (κ3) is 2.92. The first-order valence-electron chi connectivity index (χ1n) is 6.56. The van der Waals surface area contributed by atoms with Gasteiger partial charge in [-0.1, -0.05) is 6.07 Å². The lowest BCUT2D eigenvalue weighted by molar-refractivity contribution is 0.194. The summed E-state index contributed by atoms with van der Waals surface area (Å²) in [5, 5.41) is 9.67. The van der Waals surface area contributed by atoms with Crippen LogP contribution in [0.2, 0.25) is 0 Å². The van der Waals surface area contributed by atoms with Gasteiger partial charge in [0.1, 0.15) is 0 Å². The van der Waals surface area contributed by atoms with Crippen molar-refractivity contribution in [2.45, 2.75) is 13.0 Å². The van der Waals surface area contributed by atoms with Gasteiger partial charge in [0.15, 0.2) is 11.5 Å². The minimum atomic E-state index is -0.629. The van der Waals surface area contributed by atoms with Crippen LogP contribution in [0, 0.1) is 0 Å². The van der Waals surface area contributed by atoms with Crippen LogP contribution < -0.4 is 14.2 Å². The van der Waals surface area contributed by atoms with Crippen molar-refractivity contribution in [1.82, 2.24) is 4.98 Å². The van der Waals surface area contributed by atoms with E-state index < -0.39 is 6.10 Å². The van der Waals surface area contributed by atoms with Gasteiger partial charge < -0.3 is 19.3 Å². The molecule has 0 saturated heterocycles. The third-order valence-corrected chi connectivity index (χ3v) is 3.18. The summed E-state index contributed by atoms with van der Waals surface area (Å²) in [6, 6.07) is 9.14. The van der Waals surface area contributed by atoms with Crippen molar-refractivity contribution in [3.05, 3.63) is 36.0 Å². The van der Waals surface area contributed by atoms with E-state index >= 15 is 0 Å². The lowest BCUT2D eigenvalue weighted by Crippen LogP contribution is -2.00. The van der Waals surface area contributed by atoms with Crippen LogP contribution in [0.15, 0.2) is 30.3 Å². The number of hydrogen-bond acceptors (Lipinski definition) is 5. The first-order chi connectivity index (χ1) is 10.1. The number of benzene rings is 1. The maximum Gasteiger partial charge on any atom is 0.203 e. The van der Waals surface area contributed by atoms with E-state index in [0.717, 1.165) is 5.56 Å². The summed E-state index contributed by atoms with van der Waals surface area (Å²) < 4.78 is 16.1. The van der Waals surface area contributed by atoms with Gasteiger partial charge in [-0.3, -0.25) is 0 Å². The Bertz CT molecular complexity index is 626. The first-order valence-corrected chi connectivity index (χ1v) is 6.56. The van der Waals surface area contributed by atoms with Crippen LogP contribution in [0.25, 0.3) is 11.3 Å². The molecule has 0 spiro atoms. The zero-order chi connectivity index (χ0) is 15.4. The summed E-state index contributed by atoms with van der Waals surface area (Å²) in [5.41, 5.74) is 2.08. The van der Waals surface area contributed by atoms with Gasteiger partial charge in [0, 0.05) is 5.56 Å². The summed E-state index contributed by atoms with van der Waals surface area (Å²) in [7, 11) is 4.70. The number of nitrogens with zero attached hydrogens (tertiary/aromatic N) is 1. The standard InChI is InChI=1S/C16H19NO4/c1-10(18)12-6-5-7-13(17-12)11-8-9-14(19-2)16(21-4)15(11)20-3/h5-10,18H,1-4H3/t10-/m1/s1. The maximum absolute atomic E-state index is 9.67. The van der Waals surface area contributed by atoms with Crippen molar-refractivity contribution in [3.63, 3.8) is 0 Å². The molecule has 112 valence electrons. The molecule has 1 N–H and O–H groups in total. The zero-order valence-corrected chi connectivity index (χ0v) is 12.6. The largest absolute Gasteiger partial charge is 0.493 e. The highest BCUT2D eigenvalue weighted by Crippen LogP contribution is 2.43. The van der Waals surface area contributed by atoms with Crippen LogP contribution in [-0.2, 0) is 0 Å². The van der Waals surface area contributed by atoms with Gasteiger partial charge in [0.05, 0.1) is 38.8 Å². The fourth-order valence-electron chi connectivity index (χ4n) is 2.14. The fourth-order valence-corrected chi connectivity index (χ4v) is 2.14. The van der Waals surface area contributed by atoms with Gasteiger partial charge in [-0.05, 0) is 31.2 Å². The van der Waals surface area contributed by atoms with Crippen LogP contribution in [0.3, 0.4) is 0 Å². The predicted molar refractivity (Wildman–Crippen MR) is 80.0 cm³/mol. The van der Waals surface area contributed by atoms with Crippen molar-refractivity contribution >= 4 is 0 Å². The topological polar surface area (TPSA) is 60.8 Å². The molecule has 1 aromatic carbocycles. The maximum atomic E-state index is 9.67. The van der Waals surface area contributed by atoms with E-state index in [1.807, 2.05) is 18.2 Å². The molecule has 1 heterocycles. The first kappa shape index (κ1) is 15.1. The number of aromatic nitrogens is 1. The van der Waals surface area contributed by atoms with E-state index in [2.05, 4.69) is 4.98 Å². The van der Waals surface area contributed by atoms with Gasteiger partial charge in [0.2, 0.25) is 5.75 Å². The van der Waals surface area contributed by atoms with Crippen LogP contribution in [0.1, 0.15) is 18.7 Å². The zero-order valence-electron chi connectivity index (χ0n) is 12.6. The number of rotatable bonds is 5. The molecule has 0 saturated carbocycles. The van der Waals surface area contributed by atoms with Crippen LogP contribution >= 0.6 is 0 Å². The Morgan fingerprint density at radius 1 is 0.952 bits per heavy atom. The Morgan fingerprint density at radius 2 is 1.67 bits per heavy atom. The number of hydrogen-bond donors (Lipinski definition) is 1. The van der Waals surface area contributed by atoms with E-state index in [0.29, 0.717) is 28.6 Å². The lowest BCUT2D eigenvalue weighted by Gasteiger charge is -2.16. The van der Waals surface area contributed by atoms with Gasteiger partial charge in [0.25, 0.3) is 0 Å². The van der Waals surface area contributed by atoms with E-state index in [1.54, 1.807) is 40.4 Å². The predicted octanol–water partition coefficient (Wildman–Crippen LogP) is 2.83. The lowest BCUT2D eigenvalue weighted by atomic mass is 10.1. The molecule has 0 unspecified atom stereocenters. The Balaban J connectivity index is 2.61. The van der Waals surface area contributed by atoms with E-state index in [1.165, 1.54) is 0 Å². The molecule has 5 heteroatoms. The van der Waals surface area contributed by atoms with E-state index in [4.69, 9.17) is 14.2 Å². The average molecular weight is 289 g/mol. The number of pyridine rings is 1.